The van der Waals surface area contributed by atoms with Crippen LogP contribution in [0, 0.1) is 0 Å². The fourth-order valence-corrected chi connectivity index (χ4v) is 8.38. The van der Waals surface area contributed by atoms with E-state index in [0.29, 0.717) is 12.6 Å². The van der Waals surface area contributed by atoms with Gasteiger partial charge in [0.2, 0.25) is 20.0 Å². The molecule has 0 aliphatic carbocycles. The van der Waals surface area contributed by atoms with Crippen LogP contribution < -0.4 is 4.90 Å². The largest absolute Gasteiger partial charge is 0.421 e. The van der Waals surface area contributed by atoms with E-state index in [2.05, 4.69) is 12.6 Å². The zero-order chi connectivity index (χ0) is 31.8. The van der Waals surface area contributed by atoms with E-state index in [1.165, 1.54) is 38.9 Å². The Morgan fingerprint density at radius 2 is 1.53 bits per heavy atom. The molecule has 1 fully saturated rings. The van der Waals surface area contributed by atoms with Gasteiger partial charge in [-0.3, -0.25) is 0 Å². The molecule has 43 heavy (non-hydrogen) atoms. The summed E-state index contributed by atoms with van der Waals surface area (Å²) in [5.74, 6) is 0. The summed E-state index contributed by atoms with van der Waals surface area (Å²) in [6, 6.07) is 19.1. The average Bonchev–Trinajstić information content (AvgIpc) is 2.95. The summed E-state index contributed by atoms with van der Waals surface area (Å²) in [4.78, 5) is 2.08. The molecule has 234 valence electrons. The normalized spacial score (nSPS) is 19.3. The van der Waals surface area contributed by atoms with Crippen molar-refractivity contribution in [2.75, 3.05) is 37.3 Å². The van der Waals surface area contributed by atoms with Crippen molar-refractivity contribution < 1.29 is 35.1 Å². The van der Waals surface area contributed by atoms with Crippen LogP contribution in [0.2, 0.25) is 0 Å². The van der Waals surface area contributed by atoms with Crippen molar-refractivity contribution in [1.82, 2.24) is 8.61 Å². The first-order chi connectivity index (χ1) is 19.9. The summed E-state index contributed by atoms with van der Waals surface area (Å²) in [5, 5.41) is 10.1. The summed E-state index contributed by atoms with van der Waals surface area (Å²) >= 11 is 4.32. The molecule has 3 aromatic carbocycles. The van der Waals surface area contributed by atoms with E-state index in [4.69, 9.17) is 0 Å². The molecule has 0 saturated carbocycles. The Hall–Kier alpha value is -2.62. The number of aliphatic hydroxyl groups is 1. The lowest BCUT2D eigenvalue weighted by Gasteiger charge is -2.44. The molecule has 0 amide bonds. The molecule has 1 N–H and O–H groups in total. The molecule has 3 aromatic rings. The highest BCUT2D eigenvalue weighted by Gasteiger charge is 2.51. The third-order valence-electron chi connectivity index (χ3n) is 7.77. The van der Waals surface area contributed by atoms with Gasteiger partial charge in [-0.05, 0) is 49.2 Å². The van der Waals surface area contributed by atoms with Gasteiger partial charge in [0.15, 0.2) is 5.60 Å². The molecule has 0 bridgehead atoms. The van der Waals surface area contributed by atoms with Gasteiger partial charge >= 0.3 is 6.18 Å². The van der Waals surface area contributed by atoms with Crippen LogP contribution in [0.3, 0.4) is 0 Å². The lowest BCUT2D eigenvalue weighted by molar-refractivity contribution is -0.258. The predicted octanol–water partition coefficient (Wildman–Crippen LogP) is 4.65. The zero-order valence-corrected chi connectivity index (χ0v) is 26.3. The number of rotatable bonds is 9. The van der Waals surface area contributed by atoms with Gasteiger partial charge < -0.3 is 10.0 Å². The second kappa shape index (κ2) is 12.4. The number of alkyl halides is 3. The van der Waals surface area contributed by atoms with E-state index >= 15 is 0 Å². The van der Waals surface area contributed by atoms with Gasteiger partial charge in [-0.2, -0.15) is 21.8 Å². The van der Waals surface area contributed by atoms with E-state index in [1.54, 1.807) is 54.3 Å². The van der Waals surface area contributed by atoms with E-state index < -0.39 is 43.9 Å². The summed E-state index contributed by atoms with van der Waals surface area (Å²) in [5.41, 5.74) is -2.24. The van der Waals surface area contributed by atoms with Crippen LogP contribution in [0.5, 0.6) is 0 Å². The lowest BCUT2D eigenvalue weighted by Crippen LogP contribution is -2.59. The van der Waals surface area contributed by atoms with E-state index in [1.807, 2.05) is 6.07 Å². The van der Waals surface area contributed by atoms with Gasteiger partial charge in [0.05, 0.1) is 17.2 Å². The van der Waals surface area contributed by atoms with Crippen LogP contribution in [-0.2, 0) is 25.6 Å². The van der Waals surface area contributed by atoms with Crippen molar-refractivity contribution in [1.29, 1.82) is 0 Å². The summed E-state index contributed by atoms with van der Waals surface area (Å²) in [6.07, 6.45) is -3.82. The van der Waals surface area contributed by atoms with Crippen molar-refractivity contribution in [3.8, 4) is 0 Å². The molecule has 0 spiro atoms. The fourth-order valence-electron chi connectivity index (χ4n) is 5.18. The molecule has 3 atom stereocenters. The van der Waals surface area contributed by atoms with Crippen molar-refractivity contribution in [2.45, 2.75) is 47.5 Å². The first-order valence-electron chi connectivity index (χ1n) is 13.4. The number of hydrogen-bond acceptors (Lipinski definition) is 7. The molecule has 1 saturated heterocycles. The van der Waals surface area contributed by atoms with Crippen molar-refractivity contribution in [2.24, 2.45) is 0 Å². The highest BCUT2D eigenvalue weighted by atomic mass is 32.2. The summed E-state index contributed by atoms with van der Waals surface area (Å²) < 4.78 is 96.4. The number of benzene rings is 3. The quantitative estimate of drug-likeness (QED) is 0.326. The van der Waals surface area contributed by atoms with Crippen LogP contribution in [0.15, 0.2) is 88.7 Å². The fraction of sp³-hybridized carbons (Fsp3) is 0.379. The van der Waals surface area contributed by atoms with Crippen LogP contribution in [-0.4, -0.2) is 75.2 Å². The summed E-state index contributed by atoms with van der Waals surface area (Å²) in [6.45, 7) is 2.37. The SMILES string of the molecule is CC(c1ccccc1)N(C[C@H]1CN(S(=O)(=O)c2ccccc2S)CCN1c1ccc(C(C)(O)C(F)(F)F)cc1)S(C)(=O)=O. The van der Waals surface area contributed by atoms with Gasteiger partial charge in [0.25, 0.3) is 0 Å². The third-order valence-corrected chi connectivity index (χ3v) is 11.6. The second-order valence-electron chi connectivity index (χ2n) is 10.7. The van der Waals surface area contributed by atoms with Crippen molar-refractivity contribution >= 4 is 38.4 Å². The lowest BCUT2D eigenvalue weighted by atomic mass is 9.95. The zero-order valence-electron chi connectivity index (χ0n) is 23.8. The van der Waals surface area contributed by atoms with Gasteiger partial charge in [0.1, 0.15) is 0 Å². The molecule has 1 aliphatic heterocycles. The summed E-state index contributed by atoms with van der Waals surface area (Å²) in [7, 11) is -7.82. The van der Waals surface area contributed by atoms with E-state index in [9.17, 15) is 35.1 Å². The molecular weight excluding hydrogens is 624 g/mol. The Kier molecular flexibility index (Phi) is 9.60. The maximum absolute atomic E-state index is 13.7. The highest BCUT2D eigenvalue weighted by Crippen LogP contribution is 2.39. The number of anilines is 1. The number of thiol groups is 1. The number of sulfonamides is 2. The average molecular weight is 658 g/mol. The maximum Gasteiger partial charge on any atom is 0.421 e. The number of hydrogen-bond donors (Lipinski definition) is 2. The third kappa shape index (κ3) is 7.04. The number of halogens is 3. The molecule has 1 heterocycles. The molecular formula is C29H34F3N3O5S3. The van der Waals surface area contributed by atoms with Crippen LogP contribution in [0.1, 0.15) is 31.0 Å². The number of piperazine rings is 1. The molecule has 2 unspecified atom stereocenters. The minimum atomic E-state index is -4.90. The minimum absolute atomic E-state index is 0.0156. The Morgan fingerprint density at radius 1 is 0.953 bits per heavy atom. The van der Waals surface area contributed by atoms with Crippen molar-refractivity contribution in [3.05, 3.63) is 90.0 Å². The van der Waals surface area contributed by atoms with Crippen LogP contribution >= 0.6 is 12.6 Å². The maximum atomic E-state index is 13.7. The van der Waals surface area contributed by atoms with Crippen molar-refractivity contribution in [3.63, 3.8) is 0 Å². The minimum Gasteiger partial charge on any atom is -0.376 e. The number of nitrogens with zero attached hydrogens (tertiary/aromatic N) is 3. The van der Waals surface area contributed by atoms with E-state index in [0.717, 1.165) is 11.8 Å². The Morgan fingerprint density at radius 3 is 2.09 bits per heavy atom. The molecule has 1 aliphatic rings. The van der Waals surface area contributed by atoms with Gasteiger partial charge in [-0.15, -0.1) is 12.6 Å². The monoisotopic (exact) mass is 657 g/mol. The Labute approximate surface area is 256 Å². The molecule has 0 radical (unpaired) electrons. The highest BCUT2D eigenvalue weighted by molar-refractivity contribution is 7.90. The van der Waals surface area contributed by atoms with Gasteiger partial charge in [-0.25, -0.2) is 16.8 Å². The molecule has 8 nitrogen and oxygen atoms in total. The molecule has 0 aromatic heterocycles. The van der Waals surface area contributed by atoms with E-state index in [-0.39, 0.29) is 41.5 Å². The first-order valence-corrected chi connectivity index (χ1v) is 17.1. The Bertz CT molecular complexity index is 1640. The Balaban J connectivity index is 1.73. The van der Waals surface area contributed by atoms with Crippen LogP contribution in [0.4, 0.5) is 18.9 Å². The van der Waals surface area contributed by atoms with Gasteiger partial charge in [0, 0.05) is 42.8 Å². The predicted molar refractivity (Wildman–Crippen MR) is 162 cm³/mol. The second-order valence-corrected chi connectivity index (χ2v) is 15.0. The van der Waals surface area contributed by atoms with Crippen LogP contribution in [0.25, 0.3) is 0 Å². The topological polar surface area (TPSA) is 98.2 Å². The van der Waals surface area contributed by atoms with Gasteiger partial charge in [-0.1, -0.05) is 54.6 Å². The molecule has 14 heteroatoms. The smallest absolute Gasteiger partial charge is 0.376 e. The molecule has 4 rings (SSSR count). The first kappa shape index (κ1) is 33.3. The standard InChI is InChI=1S/C29H34F3N3O5S3/c1-21(22-9-5-4-6-10-22)35(42(3,37)38)20-25-19-33(43(39,40)27-12-8-7-11-26(27)41)17-18-34(25)24-15-13-23(14-16-24)28(2,36)29(30,31)32/h4-16,21,25,36,41H,17-20H2,1-3H3/t21?,25-,28?/m1/s1.